The molecule has 0 amide bonds. The third-order valence-corrected chi connectivity index (χ3v) is 5.20. The summed E-state index contributed by atoms with van der Waals surface area (Å²) >= 11 is 0. The molecule has 2 heteroatoms. The van der Waals surface area contributed by atoms with Crippen molar-refractivity contribution >= 4 is 16.6 Å². The summed E-state index contributed by atoms with van der Waals surface area (Å²) in [6.07, 6.45) is 6.92. The summed E-state index contributed by atoms with van der Waals surface area (Å²) in [5, 5.41) is 2.51. The zero-order valence-electron chi connectivity index (χ0n) is 15.1. The molecule has 128 valence electrons. The fraction of sp³-hybridized carbons (Fsp3) is 0.500. The topological polar surface area (TPSA) is 20.3 Å². The first-order valence-corrected chi connectivity index (χ1v) is 9.53. The normalized spacial score (nSPS) is 13.1. The molecule has 0 heterocycles. The van der Waals surface area contributed by atoms with Gasteiger partial charge in [0.1, 0.15) is 0 Å². The highest BCUT2D eigenvalue weighted by Crippen LogP contribution is 2.33. The van der Waals surface area contributed by atoms with E-state index >= 15 is 0 Å². The van der Waals surface area contributed by atoms with Crippen LogP contribution in [-0.2, 0) is 12.8 Å². The van der Waals surface area contributed by atoms with Crippen molar-refractivity contribution in [1.29, 1.82) is 0 Å². The van der Waals surface area contributed by atoms with Gasteiger partial charge in [0, 0.05) is 5.56 Å². The van der Waals surface area contributed by atoms with Crippen LogP contribution in [0.3, 0.4) is 0 Å². The standard InChI is InChI=1S/C22H29NO/c1-3-5-14-23(15-6-4-2)16-21(24)19-13-12-18-11-10-17-8-7-9-20(19)22(17)18/h7-9,12-13H,3-6,10-11,14-16H2,1-2H3. The van der Waals surface area contributed by atoms with E-state index in [4.69, 9.17) is 0 Å². The van der Waals surface area contributed by atoms with Gasteiger partial charge in [0.25, 0.3) is 0 Å². The van der Waals surface area contributed by atoms with Gasteiger partial charge in [-0.05, 0) is 60.7 Å². The number of aryl methyl sites for hydroxylation is 2. The number of carbonyl (C=O) groups excluding carboxylic acids is 1. The molecule has 0 bridgehead atoms. The summed E-state index contributed by atoms with van der Waals surface area (Å²) in [6, 6.07) is 10.7. The van der Waals surface area contributed by atoms with E-state index in [1.54, 1.807) is 0 Å². The minimum Gasteiger partial charge on any atom is -0.296 e. The Morgan fingerprint density at radius 1 is 0.958 bits per heavy atom. The highest BCUT2D eigenvalue weighted by atomic mass is 16.1. The average molecular weight is 323 g/mol. The van der Waals surface area contributed by atoms with Gasteiger partial charge in [0.15, 0.2) is 5.78 Å². The summed E-state index contributed by atoms with van der Waals surface area (Å²) < 4.78 is 0. The Balaban J connectivity index is 1.83. The summed E-state index contributed by atoms with van der Waals surface area (Å²) in [5.74, 6) is 0.276. The second-order valence-electron chi connectivity index (χ2n) is 7.02. The number of carbonyl (C=O) groups is 1. The molecular formula is C22H29NO. The molecule has 0 fully saturated rings. The lowest BCUT2D eigenvalue weighted by molar-refractivity contribution is 0.0930. The van der Waals surface area contributed by atoms with Crippen LogP contribution in [0.4, 0.5) is 0 Å². The van der Waals surface area contributed by atoms with Gasteiger partial charge in [-0.2, -0.15) is 0 Å². The Hall–Kier alpha value is -1.67. The number of ketones is 1. The Morgan fingerprint density at radius 3 is 2.29 bits per heavy atom. The van der Waals surface area contributed by atoms with Crippen molar-refractivity contribution in [3.05, 3.63) is 47.0 Å². The quantitative estimate of drug-likeness (QED) is 0.604. The molecule has 2 nitrogen and oxygen atoms in total. The molecule has 0 saturated heterocycles. The predicted molar refractivity (Wildman–Crippen MR) is 102 cm³/mol. The molecule has 0 saturated carbocycles. The lowest BCUT2D eigenvalue weighted by atomic mass is 9.97. The summed E-state index contributed by atoms with van der Waals surface area (Å²) in [4.78, 5) is 15.3. The SMILES string of the molecule is CCCCN(CCCC)CC(=O)c1ccc2c3c(cccc13)CC2. The van der Waals surface area contributed by atoms with Crippen LogP contribution in [0.15, 0.2) is 30.3 Å². The molecule has 24 heavy (non-hydrogen) atoms. The van der Waals surface area contributed by atoms with Crippen LogP contribution in [0.25, 0.3) is 10.8 Å². The van der Waals surface area contributed by atoms with Crippen molar-refractivity contribution in [2.24, 2.45) is 0 Å². The van der Waals surface area contributed by atoms with Crippen molar-refractivity contribution in [1.82, 2.24) is 4.90 Å². The molecule has 2 aromatic carbocycles. The number of nitrogens with zero attached hydrogens (tertiary/aromatic N) is 1. The lowest BCUT2D eigenvalue weighted by Crippen LogP contribution is -2.32. The number of Topliss-reactive ketones (excluding diaryl/α,β-unsaturated/α-hetero) is 1. The number of rotatable bonds is 9. The Bertz CT molecular complexity index is 701. The Kier molecular flexibility index (Phi) is 5.68. The third kappa shape index (κ3) is 3.54. The van der Waals surface area contributed by atoms with Gasteiger partial charge in [-0.3, -0.25) is 9.69 Å². The van der Waals surface area contributed by atoms with Crippen molar-refractivity contribution < 1.29 is 4.79 Å². The monoisotopic (exact) mass is 323 g/mol. The fourth-order valence-corrected chi connectivity index (χ4v) is 3.81. The van der Waals surface area contributed by atoms with Gasteiger partial charge in [0.05, 0.1) is 6.54 Å². The second-order valence-corrected chi connectivity index (χ2v) is 7.02. The molecule has 1 aliphatic carbocycles. The van der Waals surface area contributed by atoms with E-state index in [-0.39, 0.29) is 5.78 Å². The fourth-order valence-electron chi connectivity index (χ4n) is 3.81. The maximum absolute atomic E-state index is 13.0. The average Bonchev–Trinajstić information content (AvgIpc) is 3.02. The predicted octanol–water partition coefficient (Wildman–Crippen LogP) is 5.02. The summed E-state index contributed by atoms with van der Waals surface area (Å²) in [7, 11) is 0. The first-order valence-electron chi connectivity index (χ1n) is 9.53. The maximum Gasteiger partial charge on any atom is 0.177 e. The molecule has 0 spiro atoms. The molecule has 1 aliphatic rings. The van der Waals surface area contributed by atoms with Crippen LogP contribution in [0, 0.1) is 0 Å². The van der Waals surface area contributed by atoms with Crippen LogP contribution in [0.2, 0.25) is 0 Å². The Labute approximate surface area is 145 Å². The zero-order valence-corrected chi connectivity index (χ0v) is 15.1. The molecule has 3 rings (SSSR count). The van der Waals surface area contributed by atoms with Crippen LogP contribution < -0.4 is 0 Å². The van der Waals surface area contributed by atoms with Gasteiger partial charge in [0.2, 0.25) is 0 Å². The van der Waals surface area contributed by atoms with Crippen molar-refractivity contribution in [3.8, 4) is 0 Å². The minimum absolute atomic E-state index is 0.276. The Morgan fingerprint density at radius 2 is 1.62 bits per heavy atom. The van der Waals surface area contributed by atoms with Crippen molar-refractivity contribution in [2.45, 2.75) is 52.4 Å². The number of benzene rings is 2. The third-order valence-electron chi connectivity index (χ3n) is 5.20. The second kappa shape index (κ2) is 7.94. The number of hydrogen-bond acceptors (Lipinski definition) is 2. The minimum atomic E-state index is 0.276. The van der Waals surface area contributed by atoms with E-state index in [1.807, 2.05) is 0 Å². The summed E-state index contributed by atoms with van der Waals surface area (Å²) in [6.45, 7) is 7.04. The van der Waals surface area contributed by atoms with E-state index in [1.165, 1.54) is 47.6 Å². The van der Waals surface area contributed by atoms with E-state index in [0.717, 1.165) is 31.5 Å². The van der Waals surface area contributed by atoms with E-state index in [0.29, 0.717) is 6.54 Å². The first-order chi connectivity index (χ1) is 11.7. The molecule has 0 radical (unpaired) electrons. The van der Waals surface area contributed by atoms with Crippen LogP contribution >= 0.6 is 0 Å². The highest BCUT2D eigenvalue weighted by Gasteiger charge is 2.19. The van der Waals surface area contributed by atoms with Crippen LogP contribution in [-0.4, -0.2) is 30.3 Å². The van der Waals surface area contributed by atoms with E-state index in [2.05, 4.69) is 49.1 Å². The molecule has 0 aliphatic heterocycles. The van der Waals surface area contributed by atoms with Gasteiger partial charge in [-0.25, -0.2) is 0 Å². The molecule has 2 aromatic rings. The van der Waals surface area contributed by atoms with Gasteiger partial charge in [-0.15, -0.1) is 0 Å². The lowest BCUT2D eigenvalue weighted by Gasteiger charge is -2.21. The van der Waals surface area contributed by atoms with Crippen molar-refractivity contribution in [2.75, 3.05) is 19.6 Å². The molecule has 0 atom stereocenters. The molecule has 0 N–H and O–H groups in total. The molecular weight excluding hydrogens is 294 g/mol. The van der Waals surface area contributed by atoms with Crippen LogP contribution in [0.5, 0.6) is 0 Å². The van der Waals surface area contributed by atoms with Gasteiger partial charge < -0.3 is 0 Å². The zero-order chi connectivity index (χ0) is 16.9. The number of hydrogen-bond donors (Lipinski definition) is 0. The highest BCUT2D eigenvalue weighted by molar-refractivity contribution is 6.10. The first kappa shape index (κ1) is 17.2. The van der Waals surface area contributed by atoms with Crippen LogP contribution in [0.1, 0.15) is 61.0 Å². The number of unbranched alkanes of at least 4 members (excludes halogenated alkanes) is 2. The van der Waals surface area contributed by atoms with E-state index in [9.17, 15) is 4.79 Å². The molecule has 0 unspecified atom stereocenters. The smallest absolute Gasteiger partial charge is 0.177 e. The van der Waals surface area contributed by atoms with Gasteiger partial charge >= 0.3 is 0 Å². The maximum atomic E-state index is 13.0. The van der Waals surface area contributed by atoms with Gasteiger partial charge in [-0.1, -0.05) is 57.0 Å². The largest absolute Gasteiger partial charge is 0.296 e. The van der Waals surface area contributed by atoms with Crippen molar-refractivity contribution in [3.63, 3.8) is 0 Å². The summed E-state index contributed by atoms with van der Waals surface area (Å²) in [5.41, 5.74) is 3.73. The van der Waals surface area contributed by atoms with E-state index < -0.39 is 0 Å². The molecule has 0 aromatic heterocycles.